The summed E-state index contributed by atoms with van der Waals surface area (Å²) in [7, 11) is -3.62. The average molecular weight is 493 g/mol. The van der Waals surface area contributed by atoms with Crippen molar-refractivity contribution in [2.75, 3.05) is 42.9 Å². The monoisotopic (exact) mass is 492 g/mol. The van der Waals surface area contributed by atoms with Crippen molar-refractivity contribution in [2.24, 2.45) is 0 Å². The zero-order valence-corrected chi connectivity index (χ0v) is 20.4. The van der Waals surface area contributed by atoms with Gasteiger partial charge in [-0.05, 0) is 42.0 Å². The fraction of sp³-hybridized carbons (Fsp3) is 0.308. The van der Waals surface area contributed by atoms with Crippen LogP contribution in [0.5, 0.6) is 0 Å². The fourth-order valence-corrected chi connectivity index (χ4v) is 6.30. The van der Waals surface area contributed by atoms with Crippen LogP contribution in [0.2, 0.25) is 0 Å². The molecule has 3 aromatic carbocycles. The molecule has 1 N–H and O–H groups in total. The summed E-state index contributed by atoms with van der Waals surface area (Å²) in [6, 6.07) is 19.9. The Morgan fingerprint density at radius 2 is 1.63 bits per heavy atom. The highest BCUT2D eigenvalue weighted by molar-refractivity contribution is 7.89. The Morgan fingerprint density at radius 1 is 0.943 bits per heavy atom. The molecule has 0 saturated carbocycles. The van der Waals surface area contributed by atoms with Crippen LogP contribution >= 0.6 is 0 Å². The number of carbonyl (C=O) groups is 2. The third-order valence-corrected chi connectivity index (χ3v) is 8.57. The van der Waals surface area contributed by atoms with E-state index in [9.17, 15) is 18.0 Å². The number of piperazine rings is 1. The zero-order chi connectivity index (χ0) is 24.6. The SMILES string of the molecule is C[C@@H]1CC(=O)Nc2ccccc2N1C(=O)CN1CCN(S(=O)(=O)c2ccc3ccccc3c2)CC1. The summed E-state index contributed by atoms with van der Waals surface area (Å²) >= 11 is 0. The van der Waals surface area contributed by atoms with Gasteiger partial charge in [0.25, 0.3) is 0 Å². The smallest absolute Gasteiger partial charge is 0.243 e. The molecular formula is C26H28N4O4S. The third-order valence-electron chi connectivity index (χ3n) is 6.68. The number of hydrogen-bond acceptors (Lipinski definition) is 5. The number of carbonyl (C=O) groups excluding carboxylic acids is 2. The van der Waals surface area contributed by atoms with Crippen LogP contribution in [-0.2, 0) is 19.6 Å². The molecule has 0 aromatic heterocycles. The first-order valence-corrected chi connectivity index (χ1v) is 13.2. The Labute approximate surface area is 205 Å². The average Bonchev–Trinajstić information content (AvgIpc) is 2.98. The van der Waals surface area contributed by atoms with E-state index in [1.165, 1.54) is 4.31 Å². The van der Waals surface area contributed by atoms with Crippen LogP contribution < -0.4 is 10.2 Å². The van der Waals surface area contributed by atoms with Gasteiger partial charge in [-0.15, -0.1) is 0 Å². The molecule has 0 spiro atoms. The number of hydrogen-bond donors (Lipinski definition) is 1. The Morgan fingerprint density at radius 3 is 2.40 bits per heavy atom. The Hall–Kier alpha value is -3.27. The molecule has 1 atom stereocenters. The van der Waals surface area contributed by atoms with Crippen LogP contribution in [0.4, 0.5) is 11.4 Å². The van der Waals surface area contributed by atoms with Crippen molar-refractivity contribution >= 4 is 44.0 Å². The second-order valence-electron chi connectivity index (χ2n) is 9.07. The van der Waals surface area contributed by atoms with Crippen molar-refractivity contribution in [3.8, 4) is 0 Å². The second-order valence-corrected chi connectivity index (χ2v) is 11.0. The lowest BCUT2D eigenvalue weighted by Crippen LogP contribution is -2.52. The van der Waals surface area contributed by atoms with E-state index in [-0.39, 0.29) is 35.7 Å². The van der Waals surface area contributed by atoms with Crippen molar-refractivity contribution in [2.45, 2.75) is 24.3 Å². The molecule has 5 rings (SSSR count). The fourth-order valence-electron chi connectivity index (χ4n) is 4.84. The maximum Gasteiger partial charge on any atom is 0.243 e. The van der Waals surface area contributed by atoms with Crippen LogP contribution in [0.15, 0.2) is 71.6 Å². The molecule has 1 fully saturated rings. The van der Waals surface area contributed by atoms with Gasteiger partial charge in [-0.1, -0.05) is 42.5 Å². The molecule has 2 heterocycles. The van der Waals surface area contributed by atoms with E-state index in [0.29, 0.717) is 37.6 Å². The molecule has 0 unspecified atom stereocenters. The van der Waals surface area contributed by atoms with Gasteiger partial charge in [-0.3, -0.25) is 14.5 Å². The van der Waals surface area contributed by atoms with Crippen LogP contribution in [0.25, 0.3) is 10.8 Å². The Kier molecular flexibility index (Phi) is 6.31. The van der Waals surface area contributed by atoms with E-state index in [0.717, 1.165) is 10.8 Å². The molecule has 0 radical (unpaired) electrons. The number of fused-ring (bicyclic) bond motifs is 2. The van der Waals surface area contributed by atoms with Crippen molar-refractivity contribution in [1.82, 2.24) is 9.21 Å². The van der Waals surface area contributed by atoms with Crippen molar-refractivity contribution in [3.63, 3.8) is 0 Å². The molecule has 3 aromatic rings. The highest BCUT2D eigenvalue weighted by Gasteiger charge is 2.33. The molecule has 9 heteroatoms. The molecule has 35 heavy (non-hydrogen) atoms. The second kappa shape index (κ2) is 9.41. The summed E-state index contributed by atoms with van der Waals surface area (Å²) in [6.07, 6.45) is 0.220. The minimum atomic E-state index is -3.62. The summed E-state index contributed by atoms with van der Waals surface area (Å²) in [6.45, 7) is 3.58. The van der Waals surface area contributed by atoms with E-state index in [1.807, 2.05) is 60.4 Å². The van der Waals surface area contributed by atoms with Gasteiger partial charge in [0.2, 0.25) is 21.8 Å². The van der Waals surface area contributed by atoms with Gasteiger partial charge in [-0.2, -0.15) is 4.31 Å². The van der Waals surface area contributed by atoms with E-state index in [2.05, 4.69) is 5.32 Å². The molecule has 0 bridgehead atoms. The number of nitrogens with zero attached hydrogens (tertiary/aromatic N) is 3. The first kappa shape index (κ1) is 23.5. The normalized spacial score (nSPS) is 19.7. The van der Waals surface area contributed by atoms with Crippen molar-refractivity contribution in [3.05, 3.63) is 66.7 Å². The topological polar surface area (TPSA) is 90.0 Å². The largest absolute Gasteiger partial charge is 0.324 e. The number of nitrogens with one attached hydrogen (secondary N) is 1. The lowest BCUT2D eigenvalue weighted by atomic mass is 10.1. The number of anilines is 2. The molecule has 2 aliphatic heterocycles. The number of para-hydroxylation sites is 2. The Bertz CT molecular complexity index is 1380. The first-order valence-electron chi connectivity index (χ1n) is 11.8. The van der Waals surface area contributed by atoms with Crippen LogP contribution in [0.3, 0.4) is 0 Å². The van der Waals surface area contributed by atoms with Gasteiger partial charge in [-0.25, -0.2) is 8.42 Å². The van der Waals surface area contributed by atoms with Gasteiger partial charge in [0, 0.05) is 38.6 Å². The lowest BCUT2D eigenvalue weighted by Gasteiger charge is -2.35. The maximum atomic E-state index is 13.3. The summed E-state index contributed by atoms with van der Waals surface area (Å²) < 4.78 is 28.0. The summed E-state index contributed by atoms with van der Waals surface area (Å²) in [5, 5.41) is 4.75. The quantitative estimate of drug-likeness (QED) is 0.605. The standard InChI is InChI=1S/C26H28N4O4S/c1-19-16-25(31)27-23-8-4-5-9-24(23)30(19)26(32)18-28-12-14-29(15-13-28)35(33,34)22-11-10-20-6-2-3-7-21(20)17-22/h2-11,17,19H,12-16,18H2,1H3,(H,27,31)/t19-/m1/s1. The van der Waals surface area contributed by atoms with E-state index >= 15 is 0 Å². The van der Waals surface area contributed by atoms with Crippen LogP contribution in [0, 0.1) is 0 Å². The molecule has 2 amide bonds. The number of benzene rings is 3. The summed E-state index contributed by atoms with van der Waals surface area (Å²) in [5.41, 5.74) is 1.31. The van der Waals surface area contributed by atoms with E-state index in [1.54, 1.807) is 23.1 Å². The summed E-state index contributed by atoms with van der Waals surface area (Å²) in [4.78, 5) is 29.5. The van der Waals surface area contributed by atoms with E-state index < -0.39 is 10.0 Å². The predicted octanol–water partition coefficient (Wildman–Crippen LogP) is 2.91. The number of amides is 2. The zero-order valence-electron chi connectivity index (χ0n) is 19.6. The molecule has 0 aliphatic carbocycles. The van der Waals surface area contributed by atoms with Gasteiger partial charge >= 0.3 is 0 Å². The maximum absolute atomic E-state index is 13.3. The highest BCUT2D eigenvalue weighted by Crippen LogP contribution is 2.31. The van der Waals surface area contributed by atoms with Gasteiger partial charge in [0.05, 0.1) is 22.8 Å². The van der Waals surface area contributed by atoms with Gasteiger partial charge in [0.1, 0.15) is 0 Å². The predicted molar refractivity (Wildman–Crippen MR) is 136 cm³/mol. The number of rotatable bonds is 4. The van der Waals surface area contributed by atoms with Gasteiger partial charge < -0.3 is 10.2 Å². The van der Waals surface area contributed by atoms with Crippen molar-refractivity contribution < 1.29 is 18.0 Å². The van der Waals surface area contributed by atoms with Gasteiger partial charge in [0.15, 0.2) is 0 Å². The summed E-state index contributed by atoms with van der Waals surface area (Å²) in [5.74, 6) is -0.222. The minimum Gasteiger partial charge on any atom is -0.324 e. The van der Waals surface area contributed by atoms with Crippen molar-refractivity contribution in [1.29, 1.82) is 0 Å². The molecule has 182 valence electrons. The minimum absolute atomic E-state index is 0.104. The lowest BCUT2D eigenvalue weighted by molar-refractivity contribution is -0.120. The third kappa shape index (κ3) is 4.67. The Balaban J connectivity index is 1.26. The molecule has 2 aliphatic rings. The molecule has 1 saturated heterocycles. The molecule has 8 nitrogen and oxygen atoms in total. The molecular weight excluding hydrogens is 464 g/mol. The first-order chi connectivity index (χ1) is 16.8. The van der Waals surface area contributed by atoms with Crippen LogP contribution in [-0.4, -0.2) is 68.2 Å². The highest BCUT2D eigenvalue weighted by atomic mass is 32.2. The number of sulfonamides is 1. The van der Waals surface area contributed by atoms with Crippen LogP contribution in [0.1, 0.15) is 13.3 Å². The van der Waals surface area contributed by atoms with E-state index in [4.69, 9.17) is 0 Å².